The number of rotatable bonds is 3. The molecule has 3 aromatic carbocycles. The Morgan fingerprint density at radius 2 is 1.22 bits per heavy atom. The predicted molar refractivity (Wildman–Crippen MR) is 90.4 cm³/mol. The molecule has 0 unspecified atom stereocenters. The molecule has 1 heterocycles. The van der Waals surface area contributed by atoms with E-state index in [0.29, 0.717) is 5.56 Å². The Hall–Kier alpha value is -3.48. The fraction of sp³-hybridized carbons (Fsp3) is 0. The molecule has 3 nitrogen and oxygen atoms in total. The molecule has 0 amide bonds. The summed E-state index contributed by atoms with van der Waals surface area (Å²) in [6, 6.07) is 15.4. The normalized spacial score (nSPS) is 11.0. The predicted octanol–water partition coefficient (Wildman–Crippen LogP) is 4.37. The summed E-state index contributed by atoms with van der Waals surface area (Å²) in [6.45, 7) is 0. The quantitative estimate of drug-likeness (QED) is 0.388. The van der Waals surface area contributed by atoms with Gasteiger partial charge in [0.25, 0.3) is 0 Å². The maximum atomic E-state index is 14.3. The standard InChI is InChI=1S/C20H12F4N3/c21-14-8-4-9-15(22)19(14)26-12-18(13-6-2-1-3-7-13)27(25-26)20-16(23)10-5-11-17(20)24/h1-12H/q+1. The fourth-order valence-corrected chi connectivity index (χ4v) is 2.82. The molecule has 1 aromatic heterocycles. The van der Waals surface area contributed by atoms with Crippen molar-refractivity contribution in [2.24, 2.45) is 0 Å². The van der Waals surface area contributed by atoms with E-state index in [1.807, 2.05) is 0 Å². The zero-order valence-corrected chi connectivity index (χ0v) is 13.8. The number of hydrogen-bond acceptors (Lipinski definition) is 1. The van der Waals surface area contributed by atoms with E-state index in [-0.39, 0.29) is 5.69 Å². The van der Waals surface area contributed by atoms with Gasteiger partial charge in [0.2, 0.25) is 17.1 Å². The van der Waals surface area contributed by atoms with E-state index in [4.69, 9.17) is 0 Å². The number of aromatic nitrogens is 3. The molecule has 4 rings (SSSR count). The summed E-state index contributed by atoms with van der Waals surface area (Å²) >= 11 is 0. The van der Waals surface area contributed by atoms with Gasteiger partial charge in [0.05, 0.1) is 0 Å². The van der Waals surface area contributed by atoms with Crippen molar-refractivity contribution in [2.75, 3.05) is 0 Å². The molecule has 0 radical (unpaired) electrons. The lowest BCUT2D eigenvalue weighted by molar-refractivity contribution is -0.653. The highest BCUT2D eigenvalue weighted by Crippen LogP contribution is 2.22. The SMILES string of the molecule is Fc1cccc(F)c1-n1cc(-c2ccccc2)[n+](-c2c(F)cccc2F)n1. The van der Waals surface area contributed by atoms with Gasteiger partial charge in [-0.25, -0.2) is 17.6 Å². The van der Waals surface area contributed by atoms with Gasteiger partial charge in [-0.05, 0) is 24.3 Å². The molecule has 0 aliphatic rings. The summed E-state index contributed by atoms with van der Waals surface area (Å²) in [5, 5.41) is 4.04. The van der Waals surface area contributed by atoms with Crippen LogP contribution < -0.4 is 4.68 Å². The van der Waals surface area contributed by atoms with Crippen molar-refractivity contribution in [3.8, 4) is 22.6 Å². The van der Waals surface area contributed by atoms with Crippen LogP contribution in [0.4, 0.5) is 17.6 Å². The molecular weight excluding hydrogens is 358 g/mol. The van der Waals surface area contributed by atoms with E-state index < -0.39 is 34.6 Å². The second-order valence-corrected chi connectivity index (χ2v) is 5.77. The Bertz CT molecular complexity index is 1080. The third-order valence-electron chi connectivity index (χ3n) is 4.04. The lowest BCUT2D eigenvalue weighted by Gasteiger charge is -2.01. The molecular formula is C20H12F4N3+. The van der Waals surface area contributed by atoms with Gasteiger partial charge in [-0.15, -0.1) is 0 Å². The number of benzene rings is 3. The number of para-hydroxylation sites is 2. The van der Waals surface area contributed by atoms with Crippen LogP contribution in [-0.4, -0.2) is 9.90 Å². The Kier molecular flexibility index (Phi) is 4.19. The number of nitrogens with zero attached hydrogens (tertiary/aromatic N) is 3. The summed E-state index contributed by atoms with van der Waals surface area (Å²) in [5.74, 6) is -3.40. The van der Waals surface area contributed by atoms with Crippen molar-refractivity contribution in [1.82, 2.24) is 9.90 Å². The molecule has 0 atom stereocenters. The maximum Gasteiger partial charge on any atom is 0.227 e. The van der Waals surface area contributed by atoms with Crippen molar-refractivity contribution < 1.29 is 22.2 Å². The third-order valence-corrected chi connectivity index (χ3v) is 4.04. The zero-order chi connectivity index (χ0) is 19.0. The van der Waals surface area contributed by atoms with Gasteiger partial charge in [0.15, 0.2) is 29.5 Å². The lowest BCUT2D eigenvalue weighted by Crippen LogP contribution is -2.38. The first kappa shape index (κ1) is 17.0. The summed E-state index contributed by atoms with van der Waals surface area (Å²) in [7, 11) is 0. The largest absolute Gasteiger partial charge is 0.227 e. The Labute approximate surface area is 151 Å². The molecule has 134 valence electrons. The molecule has 0 aliphatic carbocycles. The second-order valence-electron chi connectivity index (χ2n) is 5.77. The Balaban J connectivity index is 2.02. The molecule has 0 bridgehead atoms. The minimum atomic E-state index is -0.851. The van der Waals surface area contributed by atoms with E-state index in [1.165, 1.54) is 18.3 Å². The smallest absolute Gasteiger partial charge is 0.202 e. The van der Waals surface area contributed by atoms with E-state index in [1.54, 1.807) is 30.3 Å². The maximum absolute atomic E-state index is 14.3. The second kappa shape index (κ2) is 6.68. The highest BCUT2D eigenvalue weighted by atomic mass is 19.1. The van der Waals surface area contributed by atoms with Crippen LogP contribution in [0.5, 0.6) is 0 Å². The highest BCUT2D eigenvalue weighted by Gasteiger charge is 2.28. The molecule has 0 fully saturated rings. The van der Waals surface area contributed by atoms with Crippen molar-refractivity contribution in [3.05, 3.63) is 96.2 Å². The first-order chi connectivity index (χ1) is 13.1. The van der Waals surface area contributed by atoms with Crippen LogP contribution in [-0.2, 0) is 0 Å². The van der Waals surface area contributed by atoms with Crippen LogP contribution in [0.15, 0.2) is 72.9 Å². The first-order valence-electron chi connectivity index (χ1n) is 8.02. The summed E-state index contributed by atoms with van der Waals surface area (Å²) in [4.78, 5) is 0. The minimum Gasteiger partial charge on any atom is -0.202 e. The van der Waals surface area contributed by atoms with Gasteiger partial charge in [-0.1, -0.05) is 51.8 Å². The Morgan fingerprint density at radius 3 is 1.81 bits per heavy atom. The Morgan fingerprint density at radius 1 is 0.667 bits per heavy atom. The summed E-state index contributed by atoms with van der Waals surface area (Å²) in [6.07, 6.45) is 1.32. The molecule has 0 saturated carbocycles. The van der Waals surface area contributed by atoms with E-state index in [2.05, 4.69) is 5.21 Å². The van der Waals surface area contributed by atoms with Crippen LogP contribution in [0.3, 0.4) is 0 Å². The van der Waals surface area contributed by atoms with Gasteiger partial charge in [-0.3, -0.25) is 0 Å². The van der Waals surface area contributed by atoms with Crippen molar-refractivity contribution >= 4 is 0 Å². The van der Waals surface area contributed by atoms with Gasteiger partial charge in [-0.2, -0.15) is 0 Å². The van der Waals surface area contributed by atoms with Gasteiger partial charge < -0.3 is 0 Å². The van der Waals surface area contributed by atoms with Gasteiger partial charge in [0, 0.05) is 5.56 Å². The topological polar surface area (TPSA) is 21.7 Å². The molecule has 0 N–H and O–H groups in total. The summed E-state index contributed by atoms with van der Waals surface area (Å²) in [5.41, 5.74) is -0.0394. The van der Waals surface area contributed by atoms with E-state index in [0.717, 1.165) is 33.6 Å². The molecule has 0 aliphatic heterocycles. The molecule has 0 spiro atoms. The van der Waals surface area contributed by atoms with Crippen molar-refractivity contribution in [2.45, 2.75) is 0 Å². The van der Waals surface area contributed by atoms with Crippen LogP contribution >= 0.6 is 0 Å². The number of hydrogen-bond donors (Lipinski definition) is 0. The lowest BCUT2D eigenvalue weighted by atomic mass is 10.1. The van der Waals surface area contributed by atoms with Crippen LogP contribution in [0.2, 0.25) is 0 Å². The van der Waals surface area contributed by atoms with Crippen molar-refractivity contribution in [3.63, 3.8) is 0 Å². The van der Waals surface area contributed by atoms with Crippen LogP contribution in [0, 0.1) is 23.3 Å². The van der Waals surface area contributed by atoms with E-state index in [9.17, 15) is 17.6 Å². The number of halogens is 4. The molecule has 7 heteroatoms. The molecule has 4 aromatic rings. The van der Waals surface area contributed by atoms with Crippen LogP contribution in [0.25, 0.3) is 22.6 Å². The minimum absolute atomic E-state index is 0.266. The zero-order valence-electron chi connectivity index (χ0n) is 13.8. The molecule has 0 saturated heterocycles. The first-order valence-corrected chi connectivity index (χ1v) is 8.02. The monoisotopic (exact) mass is 370 g/mol. The van der Waals surface area contributed by atoms with E-state index >= 15 is 0 Å². The van der Waals surface area contributed by atoms with Crippen molar-refractivity contribution in [1.29, 1.82) is 0 Å². The average molecular weight is 370 g/mol. The third kappa shape index (κ3) is 2.97. The van der Waals surface area contributed by atoms with Gasteiger partial charge >= 0.3 is 0 Å². The summed E-state index contributed by atoms with van der Waals surface area (Å²) < 4.78 is 59.0. The highest BCUT2D eigenvalue weighted by molar-refractivity contribution is 5.56. The average Bonchev–Trinajstić information content (AvgIpc) is 3.07. The molecule has 27 heavy (non-hydrogen) atoms. The fourth-order valence-electron chi connectivity index (χ4n) is 2.82. The van der Waals surface area contributed by atoms with Crippen LogP contribution in [0.1, 0.15) is 0 Å². The van der Waals surface area contributed by atoms with Gasteiger partial charge in [0.1, 0.15) is 5.21 Å².